The summed E-state index contributed by atoms with van der Waals surface area (Å²) in [5.74, 6) is 0.205. The van der Waals surface area contributed by atoms with Gasteiger partial charge in [-0.05, 0) is 93.6 Å². The third-order valence-corrected chi connectivity index (χ3v) is 5.90. The van der Waals surface area contributed by atoms with Gasteiger partial charge in [0.1, 0.15) is 24.0 Å². The first kappa shape index (κ1) is 30.4. The largest absolute Gasteiger partial charge is 0.489 e. The molecule has 0 aliphatic heterocycles. The molecule has 3 aromatic rings. The lowest BCUT2D eigenvalue weighted by Gasteiger charge is -2.22. The molecule has 0 saturated heterocycles. The number of nitrogens with one attached hydrogen (secondary N) is 2. The highest BCUT2D eigenvalue weighted by Crippen LogP contribution is 2.20. The molecule has 8 nitrogen and oxygen atoms in total. The van der Waals surface area contributed by atoms with Gasteiger partial charge in [0.05, 0.1) is 19.4 Å². The minimum Gasteiger partial charge on any atom is -0.489 e. The Bertz CT molecular complexity index is 1280. The van der Waals surface area contributed by atoms with Gasteiger partial charge in [-0.1, -0.05) is 48.0 Å². The van der Waals surface area contributed by atoms with Crippen molar-refractivity contribution in [3.05, 3.63) is 100 Å². The third-order valence-electron chi connectivity index (χ3n) is 5.90. The Morgan fingerprint density at radius 3 is 2.20 bits per heavy atom. The molecule has 40 heavy (non-hydrogen) atoms. The number of amides is 2. The van der Waals surface area contributed by atoms with Crippen LogP contribution in [0.3, 0.4) is 0 Å². The van der Waals surface area contributed by atoms with E-state index in [9.17, 15) is 9.59 Å². The fraction of sp³-hybridized carbons (Fsp3) is 0.344. The molecule has 0 heterocycles. The van der Waals surface area contributed by atoms with Crippen molar-refractivity contribution in [1.82, 2.24) is 10.7 Å². The van der Waals surface area contributed by atoms with E-state index in [1.165, 1.54) is 28.5 Å². The zero-order chi connectivity index (χ0) is 29.1. The molecular formula is C32H39N3O5. The lowest BCUT2D eigenvalue weighted by atomic mass is 10.0. The monoisotopic (exact) mass is 545 g/mol. The summed E-state index contributed by atoms with van der Waals surface area (Å²) in [6.07, 6.45) is 0.803. The van der Waals surface area contributed by atoms with E-state index in [0.717, 1.165) is 16.9 Å². The predicted octanol–water partition coefficient (Wildman–Crippen LogP) is 5.75. The number of aryl methyl sites for hydroxylation is 3. The Labute approximate surface area is 236 Å². The van der Waals surface area contributed by atoms with Gasteiger partial charge in [0.2, 0.25) is 0 Å². The second-order valence-electron chi connectivity index (χ2n) is 10.7. The summed E-state index contributed by atoms with van der Waals surface area (Å²) in [6.45, 7) is 12.2. The molecular weight excluding hydrogens is 506 g/mol. The molecule has 8 heteroatoms. The zero-order valence-electron chi connectivity index (χ0n) is 24.1. The van der Waals surface area contributed by atoms with Crippen molar-refractivity contribution >= 4 is 18.2 Å². The predicted molar refractivity (Wildman–Crippen MR) is 156 cm³/mol. The van der Waals surface area contributed by atoms with Gasteiger partial charge in [-0.15, -0.1) is 0 Å². The Hall–Kier alpha value is -4.17. The summed E-state index contributed by atoms with van der Waals surface area (Å²) < 4.78 is 17.0. The molecule has 2 amide bonds. The molecule has 3 rings (SSSR count). The van der Waals surface area contributed by atoms with Crippen LogP contribution >= 0.6 is 0 Å². The van der Waals surface area contributed by atoms with Crippen molar-refractivity contribution < 1.29 is 23.8 Å². The lowest BCUT2D eigenvalue weighted by Crippen LogP contribution is -2.49. The van der Waals surface area contributed by atoms with Crippen molar-refractivity contribution in [3.63, 3.8) is 0 Å². The van der Waals surface area contributed by atoms with Crippen LogP contribution in [0.5, 0.6) is 5.75 Å². The summed E-state index contributed by atoms with van der Waals surface area (Å²) in [7, 11) is 0. The molecule has 2 N–H and O–H groups in total. The molecule has 0 aliphatic carbocycles. The number of nitrogens with zero attached hydrogens (tertiary/aromatic N) is 1. The molecule has 0 unspecified atom stereocenters. The molecule has 0 aromatic heterocycles. The van der Waals surface area contributed by atoms with Gasteiger partial charge in [0.25, 0.3) is 5.91 Å². The van der Waals surface area contributed by atoms with Crippen LogP contribution in [-0.4, -0.2) is 36.5 Å². The fourth-order valence-corrected chi connectivity index (χ4v) is 3.99. The maximum absolute atomic E-state index is 12.8. The SMILES string of the molecule is Cc1cc(C)c(COc2ccc(/C=N\NC(=O)[C@H](COCc3ccccc3)NC(=O)OC(C)(C)C)cc2)c(C)c1. The number of hydrogen-bond acceptors (Lipinski definition) is 6. The van der Waals surface area contributed by atoms with E-state index < -0.39 is 23.6 Å². The Balaban J connectivity index is 1.55. The number of hydrazone groups is 1. The van der Waals surface area contributed by atoms with E-state index >= 15 is 0 Å². The Kier molecular flexibility index (Phi) is 10.8. The summed E-state index contributed by atoms with van der Waals surface area (Å²) in [6, 6.07) is 20.3. The summed E-state index contributed by atoms with van der Waals surface area (Å²) in [5.41, 5.74) is 8.33. The average Bonchev–Trinajstić information content (AvgIpc) is 2.88. The van der Waals surface area contributed by atoms with E-state index in [2.05, 4.69) is 48.7 Å². The van der Waals surface area contributed by atoms with Gasteiger partial charge < -0.3 is 19.5 Å². The van der Waals surface area contributed by atoms with E-state index in [4.69, 9.17) is 14.2 Å². The Morgan fingerprint density at radius 1 is 0.925 bits per heavy atom. The topological polar surface area (TPSA) is 98.3 Å². The molecule has 3 aromatic carbocycles. The fourth-order valence-electron chi connectivity index (χ4n) is 3.99. The highest BCUT2D eigenvalue weighted by atomic mass is 16.6. The Morgan fingerprint density at radius 2 is 1.57 bits per heavy atom. The number of alkyl carbamates (subject to hydrolysis) is 1. The molecule has 0 bridgehead atoms. The summed E-state index contributed by atoms with van der Waals surface area (Å²) >= 11 is 0. The van der Waals surface area contributed by atoms with Gasteiger partial charge >= 0.3 is 6.09 Å². The minimum absolute atomic E-state index is 0.0541. The quantitative estimate of drug-likeness (QED) is 0.236. The lowest BCUT2D eigenvalue weighted by molar-refractivity contribution is -0.124. The number of carbonyl (C=O) groups excluding carboxylic acids is 2. The van der Waals surface area contributed by atoms with Crippen LogP contribution in [0, 0.1) is 20.8 Å². The van der Waals surface area contributed by atoms with Crippen LogP contribution in [0.15, 0.2) is 71.8 Å². The molecule has 0 aliphatic rings. The maximum atomic E-state index is 12.8. The highest BCUT2D eigenvalue weighted by molar-refractivity contribution is 5.87. The van der Waals surface area contributed by atoms with Gasteiger partial charge in [-0.3, -0.25) is 4.79 Å². The standard InChI is InChI=1S/C32H39N3O5/c1-22-16-23(2)28(24(3)17-22)20-39-27-14-12-25(13-15-27)18-33-35-30(36)29(34-31(37)40-32(4,5)6)21-38-19-26-10-8-7-9-11-26/h7-18,29H,19-21H2,1-6H3,(H,34,37)(H,35,36)/b33-18-/t29-/m0/s1. The van der Waals surface area contributed by atoms with Crippen LogP contribution < -0.4 is 15.5 Å². The molecule has 0 spiro atoms. The zero-order valence-corrected chi connectivity index (χ0v) is 24.1. The number of carbonyl (C=O) groups is 2. The van der Waals surface area contributed by atoms with E-state index in [1.807, 2.05) is 54.6 Å². The first-order valence-electron chi connectivity index (χ1n) is 13.2. The van der Waals surface area contributed by atoms with Crippen molar-refractivity contribution in [1.29, 1.82) is 0 Å². The van der Waals surface area contributed by atoms with Crippen LogP contribution in [0.4, 0.5) is 4.79 Å². The van der Waals surface area contributed by atoms with Crippen molar-refractivity contribution in [2.45, 2.75) is 66.4 Å². The minimum atomic E-state index is -1.000. The van der Waals surface area contributed by atoms with Crippen LogP contribution in [0.2, 0.25) is 0 Å². The van der Waals surface area contributed by atoms with Crippen LogP contribution in [0.1, 0.15) is 54.2 Å². The van der Waals surface area contributed by atoms with E-state index in [0.29, 0.717) is 13.2 Å². The van der Waals surface area contributed by atoms with Crippen LogP contribution in [-0.2, 0) is 27.5 Å². The van der Waals surface area contributed by atoms with Crippen molar-refractivity contribution in [3.8, 4) is 5.75 Å². The number of hydrogen-bond donors (Lipinski definition) is 2. The summed E-state index contributed by atoms with van der Waals surface area (Å²) in [4.78, 5) is 25.1. The van der Waals surface area contributed by atoms with E-state index in [-0.39, 0.29) is 6.61 Å². The first-order chi connectivity index (χ1) is 19.0. The van der Waals surface area contributed by atoms with Gasteiger partial charge in [0.15, 0.2) is 0 Å². The highest BCUT2D eigenvalue weighted by Gasteiger charge is 2.24. The third kappa shape index (κ3) is 10.2. The molecule has 0 saturated carbocycles. The summed E-state index contributed by atoms with van der Waals surface area (Å²) in [5, 5.41) is 6.62. The smallest absolute Gasteiger partial charge is 0.408 e. The first-order valence-corrected chi connectivity index (χ1v) is 13.2. The molecule has 212 valence electrons. The van der Waals surface area contributed by atoms with Crippen molar-refractivity contribution in [2.75, 3.05) is 6.61 Å². The number of rotatable bonds is 11. The second-order valence-corrected chi connectivity index (χ2v) is 10.7. The van der Waals surface area contributed by atoms with Crippen molar-refractivity contribution in [2.24, 2.45) is 5.10 Å². The van der Waals surface area contributed by atoms with Gasteiger partial charge in [-0.25, -0.2) is 10.2 Å². The second kappa shape index (κ2) is 14.3. The van der Waals surface area contributed by atoms with Gasteiger partial charge in [-0.2, -0.15) is 5.10 Å². The number of ether oxygens (including phenoxy) is 3. The number of benzene rings is 3. The molecule has 0 fully saturated rings. The van der Waals surface area contributed by atoms with Crippen LogP contribution in [0.25, 0.3) is 0 Å². The maximum Gasteiger partial charge on any atom is 0.408 e. The average molecular weight is 546 g/mol. The molecule has 1 atom stereocenters. The van der Waals surface area contributed by atoms with Gasteiger partial charge in [0, 0.05) is 0 Å². The van der Waals surface area contributed by atoms with E-state index in [1.54, 1.807) is 20.8 Å². The molecule has 0 radical (unpaired) electrons. The normalized spacial score (nSPS) is 12.2.